The topological polar surface area (TPSA) is 47.0 Å². The zero-order valence-electron chi connectivity index (χ0n) is 7.33. The van der Waals surface area contributed by atoms with Gasteiger partial charge in [0.25, 0.3) is 0 Å². The fourth-order valence-corrected chi connectivity index (χ4v) is 1.73. The van der Waals surface area contributed by atoms with Crippen LogP contribution in [0.2, 0.25) is 10.3 Å². The smallest absolute Gasteiger partial charge is 0.157 e. The summed E-state index contributed by atoms with van der Waals surface area (Å²) < 4.78 is 5.53. The van der Waals surface area contributed by atoms with Gasteiger partial charge in [0.1, 0.15) is 0 Å². The second-order valence-corrected chi connectivity index (χ2v) is 3.72. The van der Waals surface area contributed by atoms with Gasteiger partial charge in [-0.2, -0.15) is 0 Å². The van der Waals surface area contributed by atoms with Gasteiger partial charge in [-0.3, -0.25) is 0 Å². The van der Waals surface area contributed by atoms with Crippen molar-refractivity contribution in [3.05, 3.63) is 21.9 Å². The average Bonchev–Trinajstić information content (AvgIpc) is 2.23. The molecule has 0 saturated carbocycles. The third-order valence-electron chi connectivity index (χ3n) is 2.02. The van der Waals surface area contributed by atoms with Crippen molar-refractivity contribution in [1.29, 1.82) is 0 Å². The largest absolute Gasteiger partial charge is 0.371 e. The minimum atomic E-state index is -0.0794. The van der Waals surface area contributed by atoms with Crippen LogP contribution in [0.1, 0.15) is 11.7 Å². The van der Waals surface area contributed by atoms with E-state index in [1.165, 1.54) is 0 Å². The molecule has 14 heavy (non-hydrogen) atoms. The molecule has 0 aromatic carbocycles. The van der Waals surface area contributed by atoms with Crippen LogP contribution in [-0.2, 0) is 4.74 Å². The maximum absolute atomic E-state index is 5.89. The Kier molecular flexibility index (Phi) is 3.18. The van der Waals surface area contributed by atoms with E-state index in [1.54, 1.807) is 6.07 Å². The molecule has 0 radical (unpaired) electrons. The fraction of sp³-hybridized carbons (Fsp3) is 0.500. The summed E-state index contributed by atoms with van der Waals surface area (Å²) >= 11 is 11.6. The van der Waals surface area contributed by atoms with Gasteiger partial charge in [-0.25, -0.2) is 0 Å². The van der Waals surface area contributed by atoms with E-state index in [1.807, 2.05) is 0 Å². The third kappa shape index (κ3) is 2.15. The Bertz CT molecular complexity index is 328. The molecular formula is C8H9Cl2N3O. The molecule has 76 valence electrons. The van der Waals surface area contributed by atoms with E-state index in [-0.39, 0.29) is 6.10 Å². The van der Waals surface area contributed by atoms with Crippen LogP contribution < -0.4 is 5.32 Å². The van der Waals surface area contributed by atoms with Crippen LogP contribution in [-0.4, -0.2) is 29.9 Å². The summed E-state index contributed by atoms with van der Waals surface area (Å²) in [6.45, 7) is 2.25. The van der Waals surface area contributed by atoms with Crippen molar-refractivity contribution in [2.24, 2.45) is 0 Å². The van der Waals surface area contributed by atoms with Gasteiger partial charge in [-0.1, -0.05) is 23.2 Å². The van der Waals surface area contributed by atoms with Gasteiger partial charge in [0.15, 0.2) is 10.3 Å². The fourth-order valence-electron chi connectivity index (χ4n) is 1.36. The van der Waals surface area contributed by atoms with Crippen LogP contribution in [0.5, 0.6) is 0 Å². The van der Waals surface area contributed by atoms with E-state index in [9.17, 15) is 0 Å². The monoisotopic (exact) mass is 233 g/mol. The van der Waals surface area contributed by atoms with Crippen molar-refractivity contribution >= 4 is 23.2 Å². The number of aromatic nitrogens is 2. The molecule has 1 saturated heterocycles. The van der Waals surface area contributed by atoms with E-state index in [0.717, 1.165) is 18.7 Å². The molecule has 0 amide bonds. The van der Waals surface area contributed by atoms with Crippen LogP contribution in [0.15, 0.2) is 6.07 Å². The Morgan fingerprint density at radius 2 is 2.29 bits per heavy atom. The van der Waals surface area contributed by atoms with Crippen molar-refractivity contribution in [3.63, 3.8) is 0 Å². The van der Waals surface area contributed by atoms with Crippen molar-refractivity contribution < 1.29 is 4.74 Å². The summed E-state index contributed by atoms with van der Waals surface area (Å²) in [6, 6.07) is 1.69. The lowest BCUT2D eigenvalue weighted by Gasteiger charge is -2.24. The average molecular weight is 234 g/mol. The van der Waals surface area contributed by atoms with Crippen molar-refractivity contribution in [2.75, 3.05) is 19.7 Å². The molecule has 1 fully saturated rings. The summed E-state index contributed by atoms with van der Waals surface area (Å²) in [5.41, 5.74) is 0.791. The first kappa shape index (κ1) is 10.1. The molecule has 1 aliphatic heterocycles. The Hall–Kier alpha value is -0.420. The zero-order valence-corrected chi connectivity index (χ0v) is 8.85. The summed E-state index contributed by atoms with van der Waals surface area (Å²) in [5, 5.41) is 11.3. The minimum absolute atomic E-state index is 0.0794. The highest BCUT2D eigenvalue weighted by molar-refractivity contribution is 6.31. The molecule has 1 aliphatic rings. The Balaban J connectivity index is 2.24. The second-order valence-electron chi connectivity index (χ2n) is 2.98. The van der Waals surface area contributed by atoms with Crippen LogP contribution in [0, 0.1) is 0 Å². The number of halogens is 2. The normalized spacial score (nSPS) is 22.3. The first-order chi connectivity index (χ1) is 6.77. The van der Waals surface area contributed by atoms with Crippen molar-refractivity contribution in [3.8, 4) is 0 Å². The SMILES string of the molecule is Clc1cc(C2CNCCO2)c(Cl)nn1. The molecule has 4 nitrogen and oxygen atoms in total. The molecule has 2 heterocycles. The van der Waals surface area contributed by atoms with Crippen LogP contribution in [0.25, 0.3) is 0 Å². The maximum atomic E-state index is 5.89. The van der Waals surface area contributed by atoms with Gasteiger partial charge in [0.2, 0.25) is 0 Å². The zero-order chi connectivity index (χ0) is 9.97. The molecule has 0 bridgehead atoms. The Morgan fingerprint density at radius 3 is 3.00 bits per heavy atom. The number of nitrogens with one attached hydrogen (secondary N) is 1. The van der Waals surface area contributed by atoms with Gasteiger partial charge < -0.3 is 10.1 Å². The molecule has 1 aromatic rings. The van der Waals surface area contributed by atoms with E-state index >= 15 is 0 Å². The van der Waals surface area contributed by atoms with Crippen LogP contribution >= 0.6 is 23.2 Å². The molecule has 2 rings (SSSR count). The molecular weight excluding hydrogens is 225 g/mol. The lowest BCUT2D eigenvalue weighted by atomic mass is 10.1. The number of ether oxygens (including phenoxy) is 1. The number of hydrogen-bond donors (Lipinski definition) is 1. The minimum Gasteiger partial charge on any atom is -0.371 e. The van der Waals surface area contributed by atoms with Crippen molar-refractivity contribution in [1.82, 2.24) is 15.5 Å². The highest BCUT2D eigenvalue weighted by atomic mass is 35.5. The van der Waals surface area contributed by atoms with Crippen LogP contribution in [0.3, 0.4) is 0 Å². The lowest BCUT2D eigenvalue weighted by molar-refractivity contribution is 0.0275. The molecule has 6 heteroatoms. The predicted molar refractivity (Wildman–Crippen MR) is 53.6 cm³/mol. The second kappa shape index (κ2) is 4.40. The van der Waals surface area contributed by atoms with Crippen molar-refractivity contribution in [2.45, 2.75) is 6.10 Å². The van der Waals surface area contributed by atoms with Gasteiger partial charge in [0, 0.05) is 18.7 Å². The number of hydrogen-bond acceptors (Lipinski definition) is 4. The van der Waals surface area contributed by atoms with E-state index in [0.29, 0.717) is 16.9 Å². The molecule has 0 aliphatic carbocycles. The van der Waals surface area contributed by atoms with Gasteiger partial charge in [0.05, 0.1) is 12.7 Å². The quantitative estimate of drug-likeness (QED) is 0.798. The predicted octanol–water partition coefficient (Wildman–Crippen LogP) is 1.44. The Morgan fingerprint density at radius 1 is 1.43 bits per heavy atom. The first-order valence-electron chi connectivity index (χ1n) is 4.28. The van der Waals surface area contributed by atoms with Gasteiger partial charge in [-0.15, -0.1) is 10.2 Å². The first-order valence-corrected chi connectivity index (χ1v) is 5.04. The molecule has 1 N–H and O–H groups in total. The highest BCUT2D eigenvalue weighted by Gasteiger charge is 2.19. The molecule has 1 unspecified atom stereocenters. The lowest BCUT2D eigenvalue weighted by Crippen LogP contribution is -2.33. The molecule has 1 atom stereocenters. The summed E-state index contributed by atoms with van der Waals surface area (Å²) in [5.74, 6) is 0. The molecule has 0 spiro atoms. The highest BCUT2D eigenvalue weighted by Crippen LogP contribution is 2.25. The summed E-state index contributed by atoms with van der Waals surface area (Å²) in [4.78, 5) is 0. The summed E-state index contributed by atoms with van der Waals surface area (Å²) in [7, 11) is 0. The van der Waals surface area contributed by atoms with E-state index in [4.69, 9.17) is 27.9 Å². The Labute approximate surface area is 91.6 Å². The van der Waals surface area contributed by atoms with E-state index in [2.05, 4.69) is 15.5 Å². The number of morpholine rings is 1. The standard InChI is InChI=1S/C8H9Cl2N3O/c9-7-3-5(8(10)13-12-7)6-4-11-1-2-14-6/h3,6,11H,1-2,4H2. The number of nitrogens with zero attached hydrogens (tertiary/aromatic N) is 2. The van der Waals surface area contributed by atoms with Gasteiger partial charge >= 0.3 is 0 Å². The number of rotatable bonds is 1. The van der Waals surface area contributed by atoms with Crippen LogP contribution in [0.4, 0.5) is 0 Å². The summed E-state index contributed by atoms with van der Waals surface area (Å²) in [6.07, 6.45) is -0.0794. The molecule has 1 aromatic heterocycles. The maximum Gasteiger partial charge on any atom is 0.157 e. The third-order valence-corrected chi connectivity index (χ3v) is 2.50. The van der Waals surface area contributed by atoms with E-state index < -0.39 is 0 Å². The van der Waals surface area contributed by atoms with Gasteiger partial charge in [-0.05, 0) is 6.07 Å².